The van der Waals surface area contributed by atoms with Crippen molar-refractivity contribution in [1.29, 1.82) is 0 Å². The summed E-state index contributed by atoms with van der Waals surface area (Å²) in [6, 6.07) is 19.7. The van der Waals surface area contributed by atoms with Gasteiger partial charge in [-0.1, -0.05) is 54.6 Å². The Labute approximate surface area is 121 Å². The highest BCUT2D eigenvalue weighted by molar-refractivity contribution is 5.88. The molecule has 0 nitrogen and oxygen atoms in total. The second-order valence-electron chi connectivity index (χ2n) is 5.62. The zero-order valence-corrected chi connectivity index (χ0v) is 12.4. The highest BCUT2D eigenvalue weighted by Crippen LogP contribution is 2.28. The molecular formula is C20H20. The first-order valence-electron chi connectivity index (χ1n) is 7.19. The van der Waals surface area contributed by atoms with Crippen LogP contribution in [0.25, 0.3) is 10.8 Å². The zero-order chi connectivity index (χ0) is 14.1. The zero-order valence-electron chi connectivity index (χ0n) is 12.4. The SMILES string of the molecule is Cc1ccccc1Cc1c(C)c(C)cc2ccccc12. The van der Waals surface area contributed by atoms with Crippen molar-refractivity contribution in [2.24, 2.45) is 0 Å². The molecule has 0 heteroatoms. The van der Waals surface area contributed by atoms with Gasteiger partial charge in [0.2, 0.25) is 0 Å². The van der Waals surface area contributed by atoms with Gasteiger partial charge >= 0.3 is 0 Å². The molecular weight excluding hydrogens is 240 g/mol. The molecule has 0 radical (unpaired) electrons. The van der Waals surface area contributed by atoms with E-state index in [2.05, 4.69) is 75.4 Å². The molecule has 0 N–H and O–H groups in total. The van der Waals surface area contributed by atoms with Crippen LogP contribution in [0.2, 0.25) is 0 Å². The van der Waals surface area contributed by atoms with Gasteiger partial charge in [-0.05, 0) is 65.8 Å². The molecule has 0 unspecified atom stereocenters. The standard InChI is InChI=1S/C20H20/c1-14-8-4-5-9-17(14)13-20-16(3)15(2)12-18-10-6-7-11-19(18)20/h4-12H,13H2,1-3H3. The van der Waals surface area contributed by atoms with Crippen molar-refractivity contribution in [2.45, 2.75) is 27.2 Å². The van der Waals surface area contributed by atoms with E-state index < -0.39 is 0 Å². The second kappa shape index (κ2) is 5.13. The minimum absolute atomic E-state index is 1.01. The lowest BCUT2D eigenvalue weighted by atomic mass is 9.90. The van der Waals surface area contributed by atoms with Crippen molar-refractivity contribution in [1.82, 2.24) is 0 Å². The van der Waals surface area contributed by atoms with Gasteiger partial charge in [0.15, 0.2) is 0 Å². The van der Waals surface area contributed by atoms with Crippen LogP contribution in [0, 0.1) is 20.8 Å². The number of aryl methyl sites for hydroxylation is 2. The van der Waals surface area contributed by atoms with Crippen LogP contribution in [0.5, 0.6) is 0 Å². The van der Waals surface area contributed by atoms with Gasteiger partial charge in [0.25, 0.3) is 0 Å². The molecule has 0 saturated carbocycles. The Morgan fingerprint density at radius 2 is 1.45 bits per heavy atom. The lowest BCUT2D eigenvalue weighted by Crippen LogP contribution is -1.98. The third kappa shape index (κ3) is 2.22. The van der Waals surface area contributed by atoms with Crippen molar-refractivity contribution >= 4 is 10.8 Å². The molecule has 3 aromatic carbocycles. The van der Waals surface area contributed by atoms with Crippen molar-refractivity contribution < 1.29 is 0 Å². The Bertz CT molecular complexity index is 766. The van der Waals surface area contributed by atoms with Crippen LogP contribution < -0.4 is 0 Å². The van der Waals surface area contributed by atoms with Gasteiger partial charge < -0.3 is 0 Å². The molecule has 0 heterocycles. The summed E-state index contributed by atoms with van der Waals surface area (Å²) in [5, 5.41) is 2.73. The fourth-order valence-electron chi connectivity index (χ4n) is 2.91. The number of hydrogen-bond acceptors (Lipinski definition) is 0. The minimum atomic E-state index is 1.01. The molecule has 0 spiro atoms. The minimum Gasteiger partial charge on any atom is -0.0620 e. The maximum absolute atomic E-state index is 2.30. The largest absolute Gasteiger partial charge is 0.0620 e. The predicted molar refractivity (Wildman–Crippen MR) is 87.4 cm³/mol. The van der Waals surface area contributed by atoms with Crippen LogP contribution >= 0.6 is 0 Å². The molecule has 0 amide bonds. The smallest absolute Gasteiger partial charge is 0.00143 e. The van der Waals surface area contributed by atoms with E-state index in [4.69, 9.17) is 0 Å². The van der Waals surface area contributed by atoms with Crippen LogP contribution in [-0.4, -0.2) is 0 Å². The molecule has 0 aromatic heterocycles. The van der Waals surface area contributed by atoms with Crippen molar-refractivity contribution in [3.05, 3.63) is 82.4 Å². The van der Waals surface area contributed by atoms with Crippen LogP contribution in [0.15, 0.2) is 54.6 Å². The van der Waals surface area contributed by atoms with Crippen LogP contribution in [0.4, 0.5) is 0 Å². The molecule has 0 atom stereocenters. The topological polar surface area (TPSA) is 0 Å². The molecule has 3 aromatic rings. The first kappa shape index (κ1) is 12.9. The normalized spacial score (nSPS) is 10.9. The van der Waals surface area contributed by atoms with Gasteiger partial charge in [-0.2, -0.15) is 0 Å². The fraction of sp³-hybridized carbons (Fsp3) is 0.200. The van der Waals surface area contributed by atoms with E-state index in [0.29, 0.717) is 0 Å². The first-order chi connectivity index (χ1) is 9.66. The van der Waals surface area contributed by atoms with E-state index in [9.17, 15) is 0 Å². The molecule has 0 saturated heterocycles. The molecule has 0 aliphatic carbocycles. The first-order valence-corrected chi connectivity index (χ1v) is 7.19. The average molecular weight is 260 g/mol. The Morgan fingerprint density at radius 3 is 2.25 bits per heavy atom. The van der Waals surface area contributed by atoms with Crippen LogP contribution in [0.3, 0.4) is 0 Å². The summed E-state index contributed by atoms with van der Waals surface area (Å²) in [4.78, 5) is 0. The maximum Gasteiger partial charge on any atom is -0.00143 e. The Balaban J connectivity index is 2.20. The summed E-state index contributed by atoms with van der Waals surface area (Å²) in [7, 11) is 0. The van der Waals surface area contributed by atoms with Crippen LogP contribution in [0.1, 0.15) is 27.8 Å². The van der Waals surface area contributed by atoms with E-state index in [0.717, 1.165) is 6.42 Å². The Morgan fingerprint density at radius 1 is 0.750 bits per heavy atom. The lowest BCUT2D eigenvalue weighted by Gasteiger charge is -2.14. The molecule has 0 bridgehead atoms. The second-order valence-corrected chi connectivity index (χ2v) is 5.62. The third-order valence-electron chi connectivity index (χ3n) is 4.33. The fourth-order valence-corrected chi connectivity index (χ4v) is 2.91. The molecule has 3 rings (SSSR count). The maximum atomic E-state index is 2.30. The lowest BCUT2D eigenvalue weighted by molar-refractivity contribution is 1.13. The van der Waals surface area contributed by atoms with Gasteiger partial charge in [-0.15, -0.1) is 0 Å². The van der Waals surface area contributed by atoms with Crippen molar-refractivity contribution in [3.63, 3.8) is 0 Å². The summed E-state index contributed by atoms with van der Waals surface area (Å²) in [5.74, 6) is 0. The van der Waals surface area contributed by atoms with Crippen molar-refractivity contribution in [3.8, 4) is 0 Å². The monoisotopic (exact) mass is 260 g/mol. The molecule has 0 fully saturated rings. The summed E-state index contributed by atoms with van der Waals surface area (Å²) >= 11 is 0. The van der Waals surface area contributed by atoms with E-state index in [1.165, 1.54) is 38.6 Å². The van der Waals surface area contributed by atoms with E-state index in [1.807, 2.05) is 0 Å². The van der Waals surface area contributed by atoms with E-state index in [1.54, 1.807) is 0 Å². The molecule has 100 valence electrons. The number of fused-ring (bicyclic) bond motifs is 1. The van der Waals surface area contributed by atoms with Crippen LogP contribution in [-0.2, 0) is 6.42 Å². The van der Waals surface area contributed by atoms with Gasteiger partial charge in [0.1, 0.15) is 0 Å². The third-order valence-corrected chi connectivity index (χ3v) is 4.33. The molecule has 0 aliphatic rings. The van der Waals surface area contributed by atoms with Crippen molar-refractivity contribution in [2.75, 3.05) is 0 Å². The Kier molecular flexibility index (Phi) is 3.31. The summed E-state index contributed by atoms with van der Waals surface area (Å²) < 4.78 is 0. The van der Waals surface area contributed by atoms with Gasteiger partial charge in [0.05, 0.1) is 0 Å². The predicted octanol–water partition coefficient (Wildman–Crippen LogP) is 5.36. The van der Waals surface area contributed by atoms with E-state index in [-0.39, 0.29) is 0 Å². The summed E-state index contributed by atoms with van der Waals surface area (Å²) in [5.41, 5.74) is 7.07. The van der Waals surface area contributed by atoms with Gasteiger partial charge in [0, 0.05) is 0 Å². The quantitative estimate of drug-likeness (QED) is 0.582. The number of benzene rings is 3. The molecule has 0 aliphatic heterocycles. The summed E-state index contributed by atoms with van der Waals surface area (Å²) in [6.45, 7) is 6.65. The molecule has 20 heavy (non-hydrogen) atoms. The number of rotatable bonds is 2. The van der Waals surface area contributed by atoms with E-state index >= 15 is 0 Å². The highest BCUT2D eigenvalue weighted by atomic mass is 14.1. The van der Waals surface area contributed by atoms with Gasteiger partial charge in [-0.25, -0.2) is 0 Å². The Hall–Kier alpha value is -2.08. The van der Waals surface area contributed by atoms with Gasteiger partial charge in [-0.3, -0.25) is 0 Å². The average Bonchev–Trinajstić information content (AvgIpc) is 2.46. The number of hydrogen-bond donors (Lipinski definition) is 0. The highest BCUT2D eigenvalue weighted by Gasteiger charge is 2.09. The summed E-state index contributed by atoms with van der Waals surface area (Å²) in [6.07, 6.45) is 1.01.